The van der Waals surface area contributed by atoms with Crippen LogP contribution < -0.4 is 15.9 Å². The highest BCUT2D eigenvalue weighted by Crippen LogP contribution is 2.78. The first-order chi connectivity index (χ1) is 16.3. The number of alkyl halides is 1. The SMILES string of the molecule is ClC1([P+](c2ccccc2)(c2ccccc2)c2ccccc2)c2ccccc2-c2ccccc21. The molecule has 0 aliphatic heterocycles. The minimum atomic E-state index is -2.41. The van der Waals surface area contributed by atoms with Crippen molar-refractivity contribution in [3.63, 3.8) is 0 Å². The zero-order chi connectivity index (χ0) is 22.3. The molecule has 0 N–H and O–H groups in total. The summed E-state index contributed by atoms with van der Waals surface area (Å²) < 4.78 is -0.732. The number of hydrogen-bond acceptors (Lipinski definition) is 0. The minimum absolute atomic E-state index is 0.732. The summed E-state index contributed by atoms with van der Waals surface area (Å²) in [5.74, 6) is 0. The van der Waals surface area contributed by atoms with E-state index in [9.17, 15) is 0 Å². The van der Waals surface area contributed by atoms with Crippen LogP contribution in [0.3, 0.4) is 0 Å². The van der Waals surface area contributed by atoms with Gasteiger partial charge in [0.25, 0.3) is 0 Å². The van der Waals surface area contributed by atoms with Crippen molar-refractivity contribution >= 4 is 34.8 Å². The molecule has 1 aliphatic rings. The van der Waals surface area contributed by atoms with Crippen LogP contribution in [0.2, 0.25) is 0 Å². The van der Waals surface area contributed by atoms with Crippen molar-refractivity contribution in [3.05, 3.63) is 151 Å². The van der Waals surface area contributed by atoms with Crippen LogP contribution in [0.15, 0.2) is 140 Å². The van der Waals surface area contributed by atoms with E-state index in [4.69, 9.17) is 11.6 Å². The lowest BCUT2D eigenvalue weighted by molar-refractivity contribution is 1.08. The maximum Gasteiger partial charge on any atom is 0.217 e. The van der Waals surface area contributed by atoms with E-state index >= 15 is 0 Å². The lowest BCUT2D eigenvalue weighted by Gasteiger charge is -2.39. The van der Waals surface area contributed by atoms with Crippen molar-refractivity contribution < 1.29 is 0 Å². The van der Waals surface area contributed by atoms with Crippen molar-refractivity contribution in [2.24, 2.45) is 0 Å². The molecule has 2 heteroatoms. The molecule has 0 saturated carbocycles. The van der Waals surface area contributed by atoms with E-state index in [0.717, 1.165) is 0 Å². The molecule has 0 radical (unpaired) electrons. The van der Waals surface area contributed by atoms with Gasteiger partial charge in [0, 0.05) is 11.1 Å². The van der Waals surface area contributed by atoms with E-state index in [1.807, 2.05) is 0 Å². The van der Waals surface area contributed by atoms with E-state index in [0.29, 0.717) is 0 Å². The molecule has 5 aromatic rings. The summed E-state index contributed by atoms with van der Waals surface area (Å²) in [5, 5.41) is 3.84. The Bertz CT molecular complexity index is 1270. The van der Waals surface area contributed by atoms with E-state index in [1.165, 1.54) is 38.2 Å². The summed E-state index contributed by atoms with van der Waals surface area (Å²) in [6.45, 7) is 0. The Morgan fingerprint density at radius 2 is 0.697 bits per heavy atom. The van der Waals surface area contributed by atoms with Crippen LogP contribution >= 0.6 is 18.9 Å². The lowest BCUT2D eigenvalue weighted by atomic mass is 10.1. The predicted octanol–water partition coefficient (Wildman–Crippen LogP) is 7.10. The first-order valence-electron chi connectivity index (χ1n) is 11.2. The number of hydrogen-bond donors (Lipinski definition) is 0. The highest BCUT2D eigenvalue weighted by atomic mass is 35.5. The monoisotopic (exact) mass is 461 g/mol. The molecule has 1 aliphatic carbocycles. The Labute approximate surface area is 200 Å². The van der Waals surface area contributed by atoms with E-state index < -0.39 is 11.9 Å². The molecule has 33 heavy (non-hydrogen) atoms. The molecular formula is C31H23ClP+. The van der Waals surface area contributed by atoms with Crippen molar-refractivity contribution in [1.29, 1.82) is 0 Å². The second-order valence-corrected chi connectivity index (χ2v) is 12.8. The highest BCUT2D eigenvalue weighted by Gasteiger charge is 2.67. The van der Waals surface area contributed by atoms with Crippen LogP contribution in [0.1, 0.15) is 11.1 Å². The van der Waals surface area contributed by atoms with Gasteiger partial charge in [0.2, 0.25) is 4.62 Å². The van der Waals surface area contributed by atoms with E-state index in [-0.39, 0.29) is 0 Å². The molecule has 0 amide bonds. The van der Waals surface area contributed by atoms with Crippen molar-refractivity contribution in [2.45, 2.75) is 4.62 Å². The molecular weight excluding hydrogens is 439 g/mol. The molecule has 0 heterocycles. The van der Waals surface area contributed by atoms with Crippen LogP contribution in [0, 0.1) is 0 Å². The topological polar surface area (TPSA) is 0 Å². The van der Waals surface area contributed by atoms with Gasteiger partial charge in [0.1, 0.15) is 23.2 Å². The van der Waals surface area contributed by atoms with Gasteiger partial charge >= 0.3 is 0 Å². The second kappa shape index (κ2) is 7.99. The summed E-state index contributed by atoms with van der Waals surface area (Å²) in [4.78, 5) is 0. The third kappa shape index (κ3) is 2.81. The van der Waals surface area contributed by atoms with Crippen LogP contribution in [0.25, 0.3) is 11.1 Å². The second-order valence-electron chi connectivity index (χ2n) is 8.39. The molecule has 0 fully saturated rings. The normalized spacial score (nSPS) is 13.8. The van der Waals surface area contributed by atoms with Gasteiger partial charge in [-0.25, -0.2) is 0 Å². The Kier molecular flexibility index (Phi) is 4.95. The molecule has 5 aromatic carbocycles. The molecule has 0 aromatic heterocycles. The van der Waals surface area contributed by atoms with Crippen LogP contribution in [0.5, 0.6) is 0 Å². The van der Waals surface area contributed by atoms with Gasteiger partial charge in [-0.15, -0.1) is 0 Å². The predicted molar refractivity (Wildman–Crippen MR) is 144 cm³/mol. The van der Waals surface area contributed by atoms with Gasteiger partial charge in [-0.1, -0.05) is 115 Å². The lowest BCUT2D eigenvalue weighted by Crippen LogP contribution is -2.42. The third-order valence-electron chi connectivity index (χ3n) is 6.75. The standard InChI is InChI=1S/C31H23ClP/c32-31(29-22-12-10-20-27(29)28-21-11-13-23-30(28)31)33(24-14-4-1-5-15-24,25-16-6-2-7-17-25)26-18-8-3-9-19-26/h1-23H/q+1. The third-order valence-corrected chi connectivity index (χ3v) is 12.5. The van der Waals surface area contributed by atoms with Gasteiger partial charge < -0.3 is 0 Å². The summed E-state index contributed by atoms with van der Waals surface area (Å²) in [6.07, 6.45) is 0. The Balaban J connectivity index is 1.84. The average molecular weight is 462 g/mol. The smallest absolute Gasteiger partial charge is 0.0632 e. The fourth-order valence-corrected chi connectivity index (χ4v) is 11.6. The maximum absolute atomic E-state index is 8.21. The highest BCUT2D eigenvalue weighted by molar-refractivity contribution is 7.97. The molecule has 0 nitrogen and oxygen atoms in total. The molecule has 0 unspecified atom stereocenters. The van der Waals surface area contributed by atoms with Crippen LogP contribution in [0.4, 0.5) is 0 Å². The molecule has 6 rings (SSSR count). The quantitative estimate of drug-likeness (QED) is 0.198. The molecule has 0 spiro atoms. The molecule has 0 bridgehead atoms. The summed E-state index contributed by atoms with van der Waals surface area (Å²) in [6, 6.07) is 50.1. The van der Waals surface area contributed by atoms with Gasteiger partial charge in [-0.3, -0.25) is 0 Å². The van der Waals surface area contributed by atoms with Crippen molar-refractivity contribution in [2.75, 3.05) is 0 Å². The first-order valence-corrected chi connectivity index (χ1v) is 13.4. The average Bonchev–Trinajstić information content (AvgIpc) is 3.16. The largest absolute Gasteiger partial charge is 0.217 e. The summed E-state index contributed by atoms with van der Waals surface area (Å²) >= 11 is 8.21. The summed E-state index contributed by atoms with van der Waals surface area (Å²) in [5.41, 5.74) is 4.85. The fourth-order valence-electron chi connectivity index (χ4n) is 5.46. The molecule has 158 valence electrons. The minimum Gasteiger partial charge on any atom is -0.0632 e. The van der Waals surface area contributed by atoms with Gasteiger partial charge in [-0.05, 0) is 47.5 Å². The first kappa shape index (κ1) is 20.4. The Hall–Kier alpha value is -3.18. The zero-order valence-corrected chi connectivity index (χ0v) is 19.8. The van der Waals surface area contributed by atoms with Crippen LogP contribution in [-0.4, -0.2) is 0 Å². The Morgan fingerprint density at radius 3 is 1.06 bits per heavy atom. The number of rotatable bonds is 4. The van der Waals surface area contributed by atoms with Gasteiger partial charge in [0.05, 0.1) is 0 Å². The zero-order valence-electron chi connectivity index (χ0n) is 18.1. The van der Waals surface area contributed by atoms with Gasteiger partial charge in [0.15, 0.2) is 0 Å². The number of halogens is 1. The van der Waals surface area contributed by atoms with Crippen molar-refractivity contribution in [3.8, 4) is 11.1 Å². The molecule has 0 atom stereocenters. The van der Waals surface area contributed by atoms with E-state index in [2.05, 4.69) is 140 Å². The van der Waals surface area contributed by atoms with Crippen molar-refractivity contribution in [1.82, 2.24) is 0 Å². The maximum atomic E-state index is 8.21. The number of fused-ring (bicyclic) bond motifs is 3. The Morgan fingerprint density at radius 1 is 0.394 bits per heavy atom. The van der Waals surface area contributed by atoms with Gasteiger partial charge in [-0.2, -0.15) is 0 Å². The number of benzene rings is 5. The summed E-state index contributed by atoms with van der Waals surface area (Å²) in [7, 11) is -2.41. The molecule has 0 saturated heterocycles. The van der Waals surface area contributed by atoms with E-state index in [1.54, 1.807) is 0 Å². The fraction of sp³-hybridized carbons (Fsp3) is 0.0323. The van der Waals surface area contributed by atoms with Crippen LogP contribution in [-0.2, 0) is 4.62 Å².